The van der Waals surface area contributed by atoms with Gasteiger partial charge in [0.05, 0.1) is 32.3 Å². The Hall–Kier alpha value is -5.71. The number of aromatic nitrogens is 3. The summed E-state index contributed by atoms with van der Waals surface area (Å²) in [7, 11) is 0. The highest BCUT2D eigenvalue weighted by Crippen LogP contribution is 2.39. The van der Waals surface area contributed by atoms with Gasteiger partial charge in [0.15, 0.2) is 0 Å². The molecule has 45 heavy (non-hydrogen) atoms. The van der Waals surface area contributed by atoms with Crippen LogP contribution in [-0.2, 0) is 0 Å². The lowest BCUT2D eigenvalue weighted by molar-refractivity contribution is 1.18. The van der Waals surface area contributed by atoms with E-state index >= 15 is 0 Å². The number of pyridine rings is 1. The Bertz CT molecular complexity index is 2760. The third-order valence-electron chi connectivity index (χ3n) is 9.16. The van der Waals surface area contributed by atoms with Gasteiger partial charge in [-0.2, -0.15) is 0 Å². The van der Waals surface area contributed by atoms with Crippen LogP contribution in [0.3, 0.4) is 0 Å². The fourth-order valence-corrected chi connectivity index (χ4v) is 8.21. The standard InChI is InChI=1S/C41H25N3S/c1-2-9-28(10-3-1)43-35-13-6-4-11-30(35)32-23-26(16-19-37(32)43)27-17-20-38-33(24-27)31-12-5-7-14-36(31)44(38)29-18-21-39-34(25-29)41-40(45-39)15-8-22-42-41/h1-25H. The van der Waals surface area contributed by atoms with Crippen molar-refractivity contribution >= 4 is 75.3 Å². The van der Waals surface area contributed by atoms with Gasteiger partial charge in [0.2, 0.25) is 0 Å². The van der Waals surface area contributed by atoms with Crippen molar-refractivity contribution in [2.45, 2.75) is 0 Å². The van der Waals surface area contributed by atoms with E-state index in [-0.39, 0.29) is 0 Å². The summed E-state index contributed by atoms with van der Waals surface area (Å²) in [5.41, 5.74) is 10.7. The van der Waals surface area contributed by atoms with E-state index in [1.165, 1.54) is 75.2 Å². The maximum Gasteiger partial charge on any atom is 0.0889 e. The van der Waals surface area contributed by atoms with Crippen molar-refractivity contribution in [2.24, 2.45) is 0 Å². The van der Waals surface area contributed by atoms with Gasteiger partial charge < -0.3 is 9.13 Å². The highest BCUT2D eigenvalue weighted by Gasteiger charge is 2.17. The number of para-hydroxylation sites is 3. The zero-order valence-electron chi connectivity index (χ0n) is 24.2. The number of thiophene rings is 1. The maximum atomic E-state index is 4.72. The predicted molar refractivity (Wildman–Crippen MR) is 191 cm³/mol. The Labute approximate surface area is 262 Å². The molecular formula is C41H25N3S. The minimum atomic E-state index is 1.08. The van der Waals surface area contributed by atoms with Gasteiger partial charge in [-0.05, 0) is 90.0 Å². The van der Waals surface area contributed by atoms with Gasteiger partial charge in [0.25, 0.3) is 0 Å². The first kappa shape index (κ1) is 24.7. The normalized spacial score (nSPS) is 12.0. The average molecular weight is 592 g/mol. The fourth-order valence-electron chi connectivity index (χ4n) is 7.16. The molecule has 4 heteroatoms. The van der Waals surface area contributed by atoms with Crippen molar-refractivity contribution in [3.63, 3.8) is 0 Å². The van der Waals surface area contributed by atoms with Gasteiger partial charge in [-0.25, -0.2) is 0 Å². The summed E-state index contributed by atoms with van der Waals surface area (Å²) in [5.74, 6) is 0. The highest BCUT2D eigenvalue weighted by molar-refractivity contribution is 7.25. The van der Waals surface area contributed by atoms with Gasteiger partial charge in [-0.3, -0.25) is 4.98 Å². The van der Waals surface area contributed by atoms with Gasteiger partial charge in [0.1, 0.15) is 0 Å². The minimum absolute atomic E-state index is 1.08. The van der Waals surface area contributed by atoms with E-state index in [2.05, 4.69) is 149 Å². The van der Waals surface area contributed by atoms with Crippen molar-refractivity contribution in [1.82, 2.24) is 14.1 Å². The minimum Gasteiger partial charge on any atom is -0.309 e. The van der Waals surface area contributed by atoms with Crippen molar-refractivity contribution < 1.29 is 0 Å². The molecule has 0 saturated heterocycles. The summed E-state index contributed by atoms with van der Waals surface area (Å²) >= 11 is 1.80. The monoisotopic (exact) mass is 591 g/mol. The fraction of sp³-hybridized carbons (Fsp3) is 0. The number of hydrogen-bond acceptors (Lipinski definition) is 2. The third kappa shape index (κ3) is 3.60. The summed E-state index contributed by atoms with van der Waals surface area (Å²) in [4.78, 5) is 4.72. The number of hydrogen-bond donors (Lipinski definition) is 0. The Morgan fingerprint density at radius 3 is 1.69 bits per heavy atom. The molecule has 3 nitrogen and oxygen atoms in total. The lowest BCUT2D eigenvalue weighted by Crippen LogP contribution is -1.93. The summed E-state index contributed by atoms with van der Waals surface area (Å²) < 4.78 is 7.26. The Morgan fingerprint density at radius 2 is 1.00 bits per heavy atom. The number of rotatable bonds is 3. The van der Waals surface area contributed by atoms with E-state index in [1.807, 2.05) is 12.3 Å². The largest absolute Gasteiger partial charge is 0.309 e. The van der Waals surface area contributed by atoms with E-state index < -0.39 is 0 Å². The average Bonchev–Trinajstić information content (AvgIpc) is 3.75. The van der Waals surface area contributed by atoms with Crippen LogP contribution in [0, 0.1) is 0 Å². The molecule has 0 aliphatic rings. The second kappa shape index (κ2) is 9.39. The van der Waals surface area contributed by atoms with E-state index in [0.29, 0.717) is 0 Å². The topological polar surface area (TPSA) is 22.8 Å². The quantitative estimate of drug-likeness (QED) is 0.200. The number of benzene rings is 6. The first-order chi connectivity index (χ1) is 22.3. The molecule has 4 heterocycles. The molecule has 0 amide bonds. The van der Waals surface area contributed by atoms with E-state index in [9.17, 15) is 0 Å². The molecule has 0 aliphatic carbocycles. The van der Waals surface area contributed by atoms with E-state index in [1.54, 1.807) is 11.3 Å². The smallest absolute Gasteiger partial charge is 0.0889 e. The van der Waals surface area contributed by atoms with Crippen LogP contribution >= 0.6 is 11.3 Å². The number of nitrogens with zero attached hydrogens (tertiary/aromatic N) is 3. The van der Waals surface area contributed by atoms with Gasteiger partial charge in [-0.15, -0.1) is 11.3 Å². The second-order valence-corrected chi connectivity index (χ2v) is 12.7. The maximum absolute atomic E-state index is 4.72. The summed E-state index contributed by atoms with van der Waals surface area (Å²) in [6, 6.07) is 52.9. The molecule has 0 radical (unpaired) electrons. The molecule has 210 valence electrons. The molecule has 0 fully saturated rings. The van der Waals surface area contributed by atoms with Crippen LogP contribution in [-0.4, -0.2) is 14.1 Å². The van der Waals surface area contributed by atoms with E-state index in [4.69, 9.17) is 4.98 Å². The van der Waals surface area contributed by atoms with Gasteiger partial charge in [0, 0.05) is 49.2 Å². The zero-order valence-corrected chi connectivity index (χ0v) is 25.0. The second-order valence-electron chi connectivity index (χ2n) is 11.6. The van der Waals surface area contributed by atoms with Gasteiger partial charge in [-0.1, -0.05) is 66.7 Å². The summed E-state index contributed by atoms with van der Waals surface area (Å²) in [5, 5.41) is 6.24. The lowest BCUT2D eigenvalue weighted by Gasteiger charge is -2.09. The number of fused-ring (bicyclic) bond motifs is 9. The molecular weight excluding hydrogens is 567 g/mol. The van der Waals surface area contributed by atoms with Crippen LogP contribution in [0.25, 0.3) is 86.4 Å². The first-order valence-electron chi connectivity index (χ1n) is 15.2. The molecule has 10 aromatic rings. The SMILES string of the molecule is c1ccc(-n2c3ccccc3c3cc(-c4ccc5c(c4)c4ccccc4n5-c4ccc5sc6cccnc6c5c4)ccc32)cc1. The van der Waals surface area contributed by atoms with Crippen LogP contribution in [0.1, 0.15) is 0 Å². The van der Waals surface area contributed by atoms with Crippen molar-refractivity contribution in [3.8, 4) is 22.5 Å². The highest BCUT2D eigenvalue weighted by atomic mass is 32.1. The zero-order chi connectivity index (χ0) is 29.5. The molecule has 0 spiro atoms. The molecule has 0 aliphatic heterocycles. The molecule has 10 rings (SSSR count). The molecule has 0 bridgehead atoms. The van der Waals surface area contributed by atoms with Crippen LogP contribution in [0.4, 0.5) is 0 Å². The molecule has 0 atom stereocenters. The molecule has 4 aromatic heterocycles. The van der Waals surface area contributed by atoms with Gasteiger partial charge >= 0.3 is 0 Å². The molecule has 6 aromatic carbocycles. The van der Waals surface area contributed by atoms with Crippen molar-refractivity contribution in [2.75, 3.05) is 0 Å². The van der Waals surface area contributed by atoms with Crippen LogP contribution in [0.15, 0.2) is 152 Å². The third-order valence-corrected chi connectivity index (χ3v) is 10.3. The summed E-state index contributed by atoms with van der Waals surface area (Å²) in [6.45, 7) is 0. The van der Waals surface area contributed by atoms with E-state index in [0.717, 1.165) is 11.2 Å². The van der Waals surface area contributed by atoms with Crippen molar-refractivity contribution in [3.05, 3.63) is 152 Å². The first-order valence-corrected chi connectivity index (χ1v) is 16.0. The van der Waals surface area contributed by atoms with Crippen LogP contribution in [0.2, 0.25) is 0 Å². The molecule has 0 unspecified atom stereocenters. The lowest BCUT2D eigenvalue weighted by atomic mass is 10.0. The summed E-state index contributed by atoms with van der Waals surface area (Å²) in [6.07, 6.45) is 1.89. The Morgan fingerprint density at radius 1 is 0.400 bits per heavy atom. The van der Waals surface area contributed by atoms with Crippen LogP contribution < -0.4 is 0 Å². The molecule has 0 saturated carbocycles. The Balaban J connectivity index is 1.18. The predicted octanol–water partition coefficient (Wildman–Crippen LogP) is 11.3. The molecule has 0 N–H and O–H groups in total. The van der Waals surface area contributed by atoms with Crippen molar-refractivity contribution in [1.29, 1.82) is 0 Å². The Kier molecular flexibility index (Phi) is 5.16. The van der Waals surface area contributed by atoms with Crippen LogP contribution in [0.5, 0.6) is 0 Å².